The molecule has 4 nitrogen and oxygen atoms in total. The quantitative estimate of drug-likeness (QED) is 0.663. The monoisotopic (exact) mass is 357 g/mol. The van der Waals surface area contributed by atoms with E-state index in [0.717, 1.165) is 16.4 Å². The molecule has 0 atom stereocenters. The fourth-order valence-electron chi connectivity index (χ4n) is 2.21. The second-order valence-electron chi connectivity index (χ2n) is 4.60. The lowest BCUT2D eigenvalue weighted by Crippen LogP contribution is -2.27. The van der Waals surface area contributed by atoms with Gasteiger partial charge in [0.1, 0.15) is 16.9 Å². The third-order valence-corrected chi connectivity index (χ3v) is 3.72. The molecule has 0 bridgehead atoms. The summed E-state index contributed by atoms with van der Waals surface area (Å²) >= 11 is 16.7. The summed E-state index contributed by atoms with van der Waals surface area (Å²) in [4.78, 5) is 11.8. The number of benzene rings is 2. The standard InChI is InChI=1S/C15H10Cl3NO3/c1-21-13-6-9-8-4-2-3-5-11(8)22-12(9)7-10(13)19-14(20)15(16,17)18/h2-7H,1H3,(H,19,20). The first-order chi connectivity index (χ1) is 10.4. The third-order valence-electron chi connectivity index (χ3n) is 3.20. The third kappa shape index (κ3) is 2.70. The van der Waals surface area contributed by atoms with Crippen molar-refractivity contribution in [2.75, 3.05) is 12.4 Å². The number of carbonyl (C=O) groups is 1. The molecule has 1 amide bonds. The van der Waals surface area contributed by atoms with Gasteiger partial charge in [0.25, 0.3) is 9.70 Å². The molecule has 0 saturated carbocycles. The number of hydrogen-bond donors (Lipinski definition) is 1. The minimum absolute atomic E-state index is 0.366. The highest BCUT2D eigenvalue weighted by atomic mass is 35.6. The van der Waals surface area contributed by atoms with Crippen molar-refractivity contribution < 1.29 is 13.9 Å². The molecule has 0 saturated heterocycles. The van der Waals surface area contributed by atoms with Gasteiger partial charge in [0.15, 0.2) is 0 Å². The highest BCUT2D eigenvalue weighted by molar-refractivity contribution is 6.76. The highest BCUT2D eigenvalue weighted by Gasteiger charge is 2.31. The molecule has 1 aromatic heterocycles. The number of fused-ring (bicyclic) bond motifs is 3. The van der Waals surface area contributed by atoms with Crippen LogP contribution in [0.5, 0.6) is 5.75 Å². The van der Waals surface area contributed by atoms with E-state index in [9.17, 15) is 4.79 Å². The SMILES string of the molecule is COc1cc2c(cc1NC(=O)C(Cl)(Cl)Cl)oc1ccccc12. The molecule has 0 fully saturated rings. The van der Waals surface area contributed by atoms with Crippen molar-refractivity contribution in [3.63, 3.8) is 0 Å². The van der Waals surface area contributed by atoms with E-state index >= 15 is 0 Å². The predicted octanol–water partition coefficient (Wildman–Crippen LogP) is 4.90. The number of hydrogen-bond acceptors (Lipinski definition) is 3. The second-order valence-corrected chi connectivity index (χ2v) is 6.88. The number of rotatable bonds is 2. The number of furan rings is 1. The molecule has 0 radical (unpaired) electrons. The molecule has 7 heteroatoms. The molecular weight excluding hydrogens is 349 g/mol. The van der Waals surface area contributed by atoms with Crippen molar-refractivity contribution in [1.29, 1.82) is 0 Å². The molecule has 0 aliphatic rings. The smallest absolute Gasteiger partial charge is 0.276 e. The van der Waals surface area contributed by atoms with Crippen LogP contribution in [0, 0.1) is 0 Å². The summed E-state index contributed by atoms with van der Waals surface area (Å²) in [6.07, 6.45) is 0. The van der Waals surface area contributed by atoms with Crippen LogP contribution in [0.15, 0.2) is 40.8 Å². The zero-order valence-corrected chi connectivity index (χ0v) is 13.6. The van der Waals surface area contributed by atoms with Crippen molar-refractivity contribution in [2.24, 2.45) is 0 Å². The minimum atomic E-state index is -2.06. The number of methoxy groups -OCH3 is 1. The zero-order valence-electron chi connectivity index (χ0n) is 11.3. The predicted molar refractivity (Wildman–Crippen MR) is 89.2 cm³/mol. The molecule has 0 aliphatic heterocycles. The van der Waals surface area contributed by atoms with E-state index in [1.165, 1.54) is 7.11 Å². The van der Waals surface area contributed by atoms with Gasteiger partial charge >= 0.3 is 0 Å². The lowest BCUT2D eigenvalue weighted by Gasteiger charge is -2.14. The maximum Gasteiger partial charge on any atom is 0.276 e. The van der Waals surface area contributed by atoms with Crippen LogP contribution < -0.4 is 10.1 Å². The van der Waals surface area contributed by atoms with E-state index in [-0.39, 0.29) is 0 Å². The number of halogens is 3. The summed E-state index contributed by atoms with van der Waals surface area (Å²) in [6.45, 7) is 0. The maximum atomic E-state index is 11.8. The van der Waals surface area contributed by atoms with Crippen LogP contribution in [-0.4, -0.2) is 16.8 Å². The number of para-hydroxylation sites is 1. The first kappa shape index (κ1) is 15.3. The van der Waals surface area contributed by atoms with Crippen LogP contribution in [0.1, 0.15) is 0 Å². The molecule has 0 spiro atoms. The van der Waals surface area contributed by atoms with Crippen LogP contribution in [-0.2, 0) is 4.79 Å². The maximum absolute atomic E-state index is 11.8. The lowest BCUT2D eigenvalue weighted by atomic mass is 10.1. The zero-order chi connectivity index (χ0) is 15.9. The summed E-state index contributed by atoms with van der Waals surface area (Å²) in [5, 5.41) is 4.35. The number of anilines is 1. The Morgan fingerprint density at radius 1 is 1.14 bits per heavy atom. The van der Waals surface area contributed by atoms with Crippen molar-refractivity contribution in [1.82, 2.24) is 0 Å². The molecular formula is C15H10Cl3NO3. The van der Waals surface area contributed by atoms with Crippen LogP contribution in [0.2, 0.25) is 0 Å². The average molecular weight is 359 g/mol. The lowest BCUT2D eigenvalue weighted by molar-refractivity contribution is -0.115. The highest BCUT2D eigenvalue weighted by Crippen LogP contribution is 2.37. The normalized spacial score (nSPS) is 11.8. The van der Waals surface area contributed by atoms with Gasteiger partial charge in [-0.3, -0.25) is 4.79 Å². The molecule has 114 valence electrons. The summed E-state index contributed by atoms with van der Waals surface area (Å²) in [5.74, 6) is -0.326. The van der Waals surface area contributed by atoms with E-state index < -0.39 is 9.70 Å². The molecule has 3 aromatic rings. The Morgan fingerprint density at radius 2 is 1.86 bits per heavy atom. The van der Waals surface area contributed by atoms with Gasteiger partial charge in [-0.2, -0.15) is 0 Å². The van der Waals surface area contributed by atoms with E-state index in [1.54, 1.807) is 12.1 Å². The van der Waals surface area contributed by atoms with E-state index in [4.69, 9.17) is 44.0 Å². The second kappa shape index (κ2) is 5.54. The fourth-order valence-corrected chi connectivity index (χ4v) is 2.35. The van der Waals surface area contributed by atoms with Crippen molar-refractivity contribution in [2.45, 2.75) is 3.79 Å². The Kier molecular flexibility index (Phi) is 3.85. The van der Waals surface area contributed by atoms with Gasteiger partial charge in [-0.05, 0) is 12.1 Å². The van der Waals surface area contributed by atoms with Gasteiger partial charge in [0.2, 0.25) is 0 Å². The number of ether oxygens (including phenoxy) is 1. The number of amides is 1. The topological polar surface area (TPSA) is 51.5 Å². The Balaban J connectivity index is 2.14. The van der Waals surface area contributed by atoms with Crippen molar-refractivity contribution in [3.8, 4) is 5.75 Å². The molecule has 0 aliphatic carbocycles. The van der Waals surface area contributed by atoms with Gasteiger partial charge in [0.05, 0.1) is 12.8 Å². The molecule has 3 rings (SSSR count). The summed E-state index contributed by atoms with van der Waals surface area (Å²) in [6, 6.07) is 11.0. The summed E-state index contributed by atoms with van der Waals surface area (Å²) < 4.78 is 8.99. The Bertz CT molecular complexity index is 867. The fraction of sp³-hybridized carbons (Fsp3) is 0.133. The number of nitrogens with one attached hydrogen (secondary N) is 1. The average Bonchev–Trinajstić information content (AvgIpc) is 2.82. The van der Waals surface area contributed by atoms with Gasteiger partial charge in [-0.15, -0.1) is 0 Å². The van der Waals surface area contributed by atoms with E-state index in [1.807, 2.05) is 24.3 Å². The Hall–Kier alpha value is -1.62. The van der Waals surface area contributed by atoms with Crippen LogP contribution >= 0.6 is 34.8 Å². The number of alkyl halides is 3. The van der Waals surface area contributed by atoms with Crippen molar-refractivity contribution in [3.05, 3.63) is 36.4 Å². The van der Waals surface area contributed by atoms with E-state index in [0.29, 0.717) is 17.0 Å². The van der Waals surface area contributed by atoms with Crippen molar-refractivity contribution >= 4 is 68.3 Å². The molecule has 1 N–H and O–H groups in total. The van der Waals surface area contributed by atoms with Crippen LogP contribution in [0.3, 0.4) is 0 Å². The molecule has 0 unspecified atom stereocenters. The summed E-state index contributed by atoms with van der Waals surface area (Å²) in [7, 11) is 1.49. The van der Waals surface area contributed by atoms with Crippen LogP contribution in [0.25, 0.3) is 21.9 Å². The summed E-state index contributed by atoms with van der Waals surface area (Å²) in [5.41, 5.74) is 1.71. The Labute approximate surface area is 140 Å². The first-order valence-corrected chi connectivity index (χ1v) is 7.41. The molecule has 22 heavy (non-hydrogen) atoms. The largest absolute Gasteiger partial charge is 0.495 e. The van der Waals surface area contributed by atoms with Gasteiger partial charge in [-0.1, -0.05) is 53.0 Å². The first-order valence-electron chi connectivity index (χ1n) is 6.27. The van der Waals surface area contributed by atoms with Gasteiger partial charge in [-0.25, -0.2) is 0 Å². The Morgan fingerprint density at radius 3 is 2.55 bits per heavy atom. The van der Waals surface area contributed by atoms with Crippen LogP contribution in [0.4, 0.5) is 5.69 Å². The number of carbonyl (C=O) groups excluding carboxylic acids is 1. The molecule has 2 aromatic carbocycles. The van der Waals surface area contributed by atoms with E-state index in [2.05, 4.69) is 5.32 Å². The van der Waals surface area contributed by atoms with Gasteiger partial charge < -0.3 is 14.5 Å². The molecule has 1 heterocycles. The van der Waals surface area contributed by atoms with Gasteiger partial charge in [0, 0.05) is 16.8 Å². The minimum Gasteiger partial charge on any atom is -0.495 e.